The van der Waals surface area contributed by atoms with Gasteiger partial charge in [-0.15, -0.1) is 0 Å². The monoisotopic (exact) mass is 269 g/mol. The van der Waals surface area contributed by atoms with E-state index < -0.39 is 0 Å². The first-order valence-electron chi connectivity index (χ1n) is 7.03. The summed E-state index contributed by atoms with van der Waals surface area (Å²) < 4.78 is 0. The second-order valence-electron chi connectivity index (χ2n) is 6.67. The zero-order valence-corrected chi connectivity index (χ0v) is 12.5. The summed E-state index contributed by atoms with van der Waals surface area (Å²) in [6.45, 7) is 7.84. The van der Waals surface area contributed by atoms with E-state index in [0.717, 1.165) is 19.3 Å². The summed E-state index contributed by atoms with van der Waals surface area (Å²) in [6.07, 6.45) is 2.58. The smallest absolute Gasteiger partial charge is 0.239 e. The lowest BCUT2D eigenvalue weighted by Crippen LogP contribution is -2.48. The molecule has 4 N–H and O–H groups in total. The topological polar surface area (TPSA) is 84.2 Å². The van der Waals surface area contributed by atoms with E-state index in [1.807, 2.05) is 20.8 Å². The predicted molar refractivity (Wildman–Crippen MR) is 75.4 cm³/mol. The normalized spacial score (nSPS) is 27.7. The van der Waals surface area contributed by atoms with Gasteiger partial charge in [0.05, 0.1) is 6.54 Å². The Labute approximate surface area is 115 Å². The molecule has 19 heavy (non-hydrogen) atoms. The third-order valence-electron chi connectivity index (χ3n) is 3.48. The predicted octanol–water partition coefficient (Wildman–Crippen LogP) is 0.781. The molecule has 0 aromatic rings. The lowest BCUT2D eigenvalue weighted by atomic mass is 9.78. The Morgan fingerprint density at radius 2 is 1.89 bits per heavy atom. The van der Waals surface area contributed by atoms with Gasteiger partial charge in [-0.1, -0.05) is 6.92 Å². The number of nitrogens with one attached hydrogen (secondary N) is 2. The first-order chi connectivity index (χ1) is 8.69. The highest BCUT2D eigenvalue weighted by Crippen LogP contribution is 2.29. The van der Waals surface area contributed by atoms with Gasteiger partial charge in [0.1, 0.15) is 0 Å². The van der Waals surface area contributed by atoms with Crippen molar-refractivity contribution in [3.8, 4) is 0 Å². The second kappa shape index (κ2) is 6.37. The lowest BCUT2D eigenvalue weighted by Gasteiger charge is -2.31. The number of hydrogen-bond acceptors (Lipinski definition) is 3. The molecule has 1 aliphatic carbocycles. The summed E-state index contributed by atoms with van der Waals surface area (Å²) >= 11 is 0. The van der Waals surface area contributed by atoms with E-state index in [1.165, 1.54) is 0 Å². The molecule has 1 saturated carbocycles. The van der Waals surface area contributed by atoms with Crippen LogP contribution in [0.15, 0.2) is 0 Å². The number of rotatable bonds is 3. The average Bonchev–Trinajstić information content (AvgIpc) is 2.23. The first kappa shape index (κ1) is 16.0. The van der Waals surface area contributed by atoms with Crippen molar-refractivity contribution in [3.05, 3.63) is 0 Å². The van der Waals surface area contributed by atoms with Gasteiger partial charge in [-0.3, -0.25) is 9.59 Å². The van der Waals surface area contributed by atoms with Crippen molar-refractivity contribution < 1.29 is 9.59 Å². The van der Waals surface area contributed by atoms with Crippen LogP contribution in [0.2, 0.25) is 0 Å². The van der Waals surface area contributed by atoms with Crippen molar-refractivity contribution in [2.24, 2.45) is 17.6 Å². The van der Waals surface area contributed by atoms with Gasteiger partial charge in [0, 0.05) is 17.5 Å². The summed E-state index contributed by atoms with van der Waals surface area (Å²) in [6, 6.07) is 0.211. The molecule has 0 spiro atoms. The minimum absolute atomic E-state index is 0.0118. The van der Waals surface area contributed by atoms with Crippen LogP contribution in [-0.2, 0) is 9.59 Å². The minimum Gasteiger partial charge on any atom is -0.350 e. The number of amides is 2. The van der Waals surface area contributed by atoms with Gasteiger partial charge in [0.25, 0.3) is 0 Å². The third kappa shape index (κ3) is 5.59. The Morgan fingerprint density at radius 1 is 1.26 bits per heavy atom. The average molecular weight is 269 g/mol. The van der Waals surface area contributed by atoms with Crippen molar-refractivity contribution >= 4 is 11.8 Å². The fourth-order valence-corrected chi connectivity index (χ4v) is 2.59. The van der Waals surface area contributed by atoms with Crippen LogP contribution < -0.4 is 16.4 Å². The molecule has 0 heterocycles. The molecular weight excluding hydrogens is 242 g/mol. The zero-order valence-electron chi connectivity index (χ0n) is 12.5. The number of nitrogens with two attached hydrogens (primary N) is 1. The molecule has 110 valence electrons. The SMILES string of the molecule is CC1CC(N)CCC1C(=O)NCC(=O)NC(C)(C)C. The van der Waals surface area contributed by atoms with Gasteiger partial charge in [-0.2, -0.15) is 0 Å². The second-order valence-corrected chi connectivity index (χ2v) is 6.67. The number of hydrogen-bond donors (Lipinski definition) is 3. The van der Waals surface area contributed by atoms with Crippen LogP contribution in [-0.4, -0.2) is 29.9 Å². The Bertz CT molecular complexity index is 336. The maximum Gasteiger partial charge on any atom is 0.239 e. The molecule has 1 fully saturated rings. The van der Waals surface area contributed by atoms with Crippen molar-refractivity contribution in [2.75, 3.05) is 6.54 Å². The number of carbonyl (C=O) groups excluding carboxylic acids is 2. The largest absolute Gasteiger partial charge is 0.350 e. The third-order valence-corrected chi connectivity index (χ3v) is 3.48. The minimum atomic E-state index is -0.271. The van der Waals surface area contributed by atoms with Crippen molar-refractivity contribution in [3.63, 3.8) is 0 Å². The van der Waals surface area contributed by atoms with Crippen molar-refractivity contribution in [1.82, 2.24) is 10.6 Å². The van der Waals surface area contributed by atoms with Gasteiger partial charge >= 0.3 is 0 Å². The molecule has 0 radical (unpaired) electrons. The molecule has 0 saturated heterocycles. The first-order valence-corrected chi connectivity index (χ1v) is 7.03. The van der Waals surface area contributed by atoms with E-state index >= 15 is 0 Å². The Kier molecular flexibility index (Phi) is 5.35. The molecule has 5 heteroatoms. The van der Waals surface area contributed by atoms with Crippen LogP contribution in [0.1, 0.15) is 47.0 Å². The zero-order chi connectivity index (χ0) is 14.6. The van der Waals surface area contributed by atoms with E-state index in [9.17, 15) is 9.59 Å². The standard InChI is InChI=1S/C14H27N3O2/c1-9-7-10(15)5-6-11(9)13(19)16-8-12(18)17-14(2,3)4/h9-11H,5-8,15H2,1-4H3,(H,16,19)(H,17,18). The van der Waals surface area contributed by atoms with Gasteiger partial charge in [-0.25, -0.2) is 0 Å². The highest BCUT2D eigenvalue weighted by molar-refractivity contribution is 5.86. The van der Waals surface area contributed by atoms with Crippen LogP contribution in [0.5, 0.6) is 0 Å². The summed E-state index contributed by atoms with van der Waals surface area (Å²) in [7, 11) is 0. The van der Waals surface area contributed by atoms with Crippen LogP contribution in [0.25, 0.3) is 0 Å². The summed E-state index contributed by atoms with van der Waals surface area (Å²) in [5.74, 6) is 0.0983. The van der Waals surface area contributed by atoms with Crippen LogP contribution in [0.4, 0.5) is 0 Å². The Balaban J connectivity index is 2.37. The van der Waals surface area contributed by atoms with E-state index in [0.29, 0.717) is 0 Å². The summed E-state index contributed by atoms with van der Waals surface area (Å²) in [4.78, 5) is 23.7. The van der Waals surface area contributed by atoms with Gasteiger partial charge in [0.15, 0.2) is 0 Å². The number of carbonyl (C=O) groups is 2. The summed E-state index contributed by atoms with van der Waals surface area (Å²) in [5.41, 5.74) is 5.61. The molecule has 3 atom stereocenters. The maximum atomic E-state index is 12.1. The van der Waals surface area contributed by atoms with Crippen molar-refractivity contribution in [2.45, 2.75) is 58.5 Å². The highest BCUT2D eigenvalue weighted by atomic mass is 16.2. The van der Waals surface area contributed by atoms with Gasteiger partial charge in [0.2, 0.25) is 11.8 Å². The molecule has 0 bridgehead atoms. The Hall–Kier alpha value is -1.10. The molecule has 2 amide bonds. The van der Waals surface area contributed by atoms with Crippen LogP contribution >= 0.6 is 0 Å². The van der Waals surface area contributed by atoms with Crippen LogP contribution in [0, 0.1) is 11.8 Å². The molecule has 1 rings (SSSR count). The lowest BCUT2D eigenvalue weighted by molar-refractivity contribution is -0.131. The molecule has 0 aromatic carbocycles. The van der Waals surface area contributed by atoms with E-state index in [-0.39, 0.29) is 41.8 Å². The molecule has 0 aromatic heterocycles. The molecule has 5 nitrogen and oxygen atoms in total. The molecule has 0 aliphatic heterocycles. The highest BCUT2D eigenvalue weighted by Gasteiger charge is 2.31. The molecular formula is C14H27N3O2. The van der Waals surface area contributed by atoms with E-state index in [4.69, 9.17) is 5.73 Å². The van der Waals surface area contributed by atoms with Crippen LogP contribution in [0.3, 0.4) is 0 Å². The van der Waals surface area contributed by atoms with Gasteiger partial charge in [-0.05, 0) is 46.0 Å². The van der Waals surface area contributed by atoms with Gasteiger partial charge < -0.3 is 16.4 Å². The Morgan fingerprint density at radius 3 is 2.42 bits per heavy atom. The quantitative estimate of drug-likeness (QED) is 0.708. The fraction of sp³-hybridized carbons (Fsp3) is 0.857. The summed E-state index contributed by atoms with van der Waals surface area (Å²) in [5, 5.41) is 5.55. The fourth-order valence-electron chi connectivity index (χ4n) is 2.59. The van der Waals surface area contributed by atoms with Crippen molar-refractivity contribution in [1.29, 1.82) is 0 Å². The maximum absolute atomic E-state index is 12.1. The molecule has 3 unspecified atom stereocenters. The van der Waals surface area contributed by atoms with E-state index in [1.54, 1.807) is 0 Å². The van der Waals surface area contributed by atoms with E-state index in [2.05, 4.69) is 17.6 Å². The molecule has 1 aliphatic rings.